The first kappa shape index (κ1) is 13.7. The summed E-state index contributed by atoms with van der Waals surface area (Å²) < 4.78 is 5.41. The fraction of sp³-hybridized carbons (Fsp3) is 0.167. The van der Waals surface area contributed by atoms with Crippen LogP contribution in [0.1, 0.15) is 30.0 Å². The van der Waals surface area contributed by atoms with Gasteiger partial charge in [-0.15, -0.1) is 0 Å². The molecule has 5 heteroatoms. The molecule has 2 aromatic carbocycles. The minimum absolute atomic E-state index is 0.237. The standard InChI is InChI=1S/C18H14N2O3/c1-2-10-3-5-12-11(9-10)4-7-14-16(12)17(20-23-14)13-6-8-15(21)19-18(13)22/h2-5,7,9,13H,1,6,8H2,(H,19,21,22)/t13-/m1/s1. The van der Waals surface area contributed by atoms with Crippen LogP contribution >= 0.6 is 0 Å². The summed E-state index contributed by atoms with van der Waals surface area (Å²) >= 11 is 0. The third kappa shape index (κ3) is 2.12. The number of nitrogens with one attached hydrogen (secondary N) is 1. The molecule has 23 heavy (non-hydrogen) atoms. The van der Waals surface area contributed by atoms with Crippen LogP contribution in [-0.2, 0) is 9.59 Å². The van der Waals surface area contributed by atoms with E-state index in [9.17, 15) is 9.59 Å². The molecule has 1 saturated heterocycles. The van der Waals surface area contributed by atoms with Crippen LogP contribution in [0.2, 0.25) is 0 Å². The Morgan fingerprint density at radius 3 is 2.91 bits per heavy atom. The Morgan fingerprint density at radius 1 is 1.26 bits per heavy atom. The second kappa shape index (κ2) is 5.05. The van der Waals surface area contributed by atoms with Gasteiger partial charge in [-0.25, -0.2) is 0 Å². The monoisotopic (exact) mass is 306 g/mol. The Bertz CT molecular complexity index is 971. The number of piperidine rings is 1. The van der Waals surface area contributed by atoms with E-state index >= 15 is 0 Å². The van der Waals surface area contributed by atoms with E-state index in [4.69, 9.17) is 4.52 Å². The molecule has 0 unspecified atom stereocenters. The average Bonchev–Trinajstić information content (AvgIpc) is 2.98. The van der Waals surface area contributed by atoms with E-state index in [1.807, 2.05) is 30.3 Å². The quantitative estimate of drug-likeness (QED) is 0.738. The van der Waals surface area contributed by atoms with Crippen LogP contribution in [0.25, 0.3) is 27.8 Å². The minimum atomic E-state index is -0.460. The van der Waals surface area contributed by atoms with E-state index in [-0.39, 0.29) is 11.8 Å². The molecule has 0 bridgehead atoms. The lowest BCUT2D eigenvalue weighted by Crippen LogP contribution is -2.39. The van der Waals surface area contributed by atoms with Crippen molar-refractivity contribution in [1.29, 1.82) is 0 Å². The van der Waals surface area contributed by atoms with Gasteiger partial charge in [-0.2, -0.15) is 0 Å². The highest BCUT2D eigenvalue weighted by molar-refractivity contribution is 6.10. The molecule has 2 amide bonds. The maximum Gasteiger partial charge on any atom is 0.235 e. The summed E-state index contributed by atoms with van der Waals surface area (Å²) in [5.74, 6) is -1.01. The van der Waals surface area contributed by atoms with Crippen LogP contribution in [0, 0.1) is 0 Å². The predicted molar refractivity (Wildman–Crippen MR) is 86.7 cm³/mol. The molecule has 1 fully saturated rings. The summed E-state index contributed by atoms with van der Waals surface area (Å²) in [5.41, 5.74) is 2.27. The molecule has 0 aliphatic carbocycles. The number of fused-ring (bicyclic) bond motifs is 3. The van der Waals surface area contributed by atoms with Crippen molar-refractivity contribution < 1.29 is 14.1 Å². The van der Waals surface area contributed by atoms with Gasteiger partial charge in [0.2, 0.25) is 11.8 Å². The first-order chi connectivity index (χ1) is 11.2. The smallest absolute Gasteiger partial charge is 0.235 e. The largest absolute Gasteiger partial charge is 0.356 e. The number of carbonyl (C=O) groups excluding carboxylic acids is 2. The molecule has 1 aromatic heterocycles. The van der Waals surface area contributed by atoms with E-state index in [1.54, 1.807) is 6.08 Å². The van der Waals surface area contributed by atoms with Crippen molar-refractivity contribution in [2.45, 2.75) is 18.8 Å². The van der Waals surface area contributed by atoms with Crippen molar-refractivity contribution >= 4 is 39.6 Å². The number of benzene rings is 2. The molecular formula is C18H14N2O3. The fourth-order valence-electron chi connectivity index (χ4n) is 3.13. The van der Waals surface area contributed by atoms with E-state index in [1.165, 1.54) is 0 Å². The molecule has 1 N–H and O–H groups in total. The predicted octanol–water partition coefficient (Wildman–Crippen LogP) is 3.14. The Hall–Kier alpha value is -2.95. The van der Waals surface area contributed by atoms with Crippen molar-refractivity contribution in [3.05, 3.63) is 48.2 Å². The van der Waals surface area contributed by atoms with Crippen molar-refractivity contribution in [1.82, 2.24) is 10.5 Å². The highest BCUT2D eigenvalue weighted by atomic mass is 16.5. The van der Waals surface area contributed by atoms with E-state index in [2.05, 4.69) is 17.1 Å². The van der Waals surface area contributed by atoms with Crippen LogP contribution in [0.4, 0.5) is 0 Å². The molecule has 0 spiro atoms. The summed E-state index contributed by atoms with van der Waals surface area (Å²) in [4.78, 5) is 23.5. The van der Waals surface area contributed by atoms with Gasteiger partial charge in [0.15, 0.2) is 5.58 Å². The number of aromatic nitrogens is 1. The van der Waals surface area contributed by atoms with Crippen molar-refractivity contribution in [3.63, 3.8) is 0 Å². The van der Waals surface area contributed by atoms with Crippen LogP contribution in [-0.4, -0.2) is 17.0 Å². The van der Waals surface area contributed by atoms with Gasteiger partial charge in [0.05, 0.1) is 11.3 Å². The van der Waals surface area contributed by atoms with E-state index < -0.39 is 5.92 Å². The fourth-order valence-corrected chi connectivity index (χ4v) is 3.13. The third-order valence-corrected chi connectivity index (χ3v) is 4.31. The maximum atomic E-state index is 12.2. The van der Waals surface area contributed by atoms with Crippen molar-refractivity contribution in [2.75, 3.05) is 0 Å². The van der Waals surface area contributed by atoms with Gasteiger partial charge in [0.1, 0.15) is 5.69 Å². The molecule has 1 aliphatic heterocycles. The SMILES string of the molecule is C=Cc1ccc2c(ccc3onc([C@H]4CCC(=O)NC4=O)c32)c1. The summed E-state index contributed by atoms with van der Waals surface area (Å²) in [6, 6.07) is 9.80. The van der Waals surface area contributed by atoms with Gasteiger partial charge in [0.25, 0.3) is 0 Å². The number of hydrogen-bond donors (Lipinski definition) is 1. The average molecular weight is 306 g/mol. The lowest BCUT2D eigenvalue weighted by atomic mass is 9.91. The lowest BCUT2D eigenvalue weighted by molar-refractivity contribution is -0.134. The molecule has 5 nitrogen and oxygen atoms in total. The number of carbonyl (C=O) groups is 2. The molecule has 3 aromatic rings. The highest BCUT2D eigenvalue weighted by Crippen LogP contribution is 2.35. The molecule has 4 rings (SSSR count). The number of nitrogens with zero attached hydrogens (tertiary/aromatic N) is 1. The highest BCUT2D eigenvalue weighted by Gasteiger charge is 2.32. The van der Waals surface area contributed by atoms with E-state index in [0.29, 0.717) is 24.1 Å². The molecule has 2 heterocycles. The van der Waals surface area contributed by atoms with Crippen LogP contribution < -0.4 is 5.32 Å². The molecule has 0 radical (unpaired) electrons. The number of imide groups is 1. The third-order valence-electron chi connectivity index (χ3n) is 4.31. The molecular weight excluding hydrogens is 292 g/mol. The van der Waals surface area contributed by atoms with Gasteiger partial charge < -0.3 is 4.52 Å². The Balaban J connectivity index is 1.94. The summed E-state index contributed by atoms with van der Waals surface area (Å²) in [5, 5.41) is 9.35. The molecule has 0 saturated carbocycles. The van der Waals surface area contributed by atoms with Crippen molar-refractivity contribution in [2.24, 2.45) is 0 Å². The zero-order chi connectivity index (χ0) is 16.0. The first-order valence-electron chi connectivity index (χ1n) is 7.45. The first-order valence-corrected chi connectivity index (χ1v) is 7.45. The van der Waals surface area contributed by atoms with Gasteiger partial charge >= 0.3 is 0 Å². The Kier molecular flexibility index (Phi) is 3.01. The second-order valence-corrected chi connectivity index (χ2v) is 5.69. The van der Waals surface area contributed by atoms with Crippen LogP contribution in [0.15, 0.2) is 41.4 Å². The lowest BCUT2D eigenvalue weighted by Gasteiger charge is -2.19. The summed E-state index contributed by atoms with van der Waals surface area (Å²) in [7, 11) is 0. The minimum Gasteiger partial charge on any atom is -0.356 e. The Labute approximate surface area is 131 Å². The molecule has 1 aliphatic rings. The normalized spacial score (nSPS) is 18.3. The summed E-state index contributed by atoms with van der Waals surface area (Å²) in [6.45, 7) is 3.78. The summed E-state index contributed by atoms with van der Waals surface area (Å²) in [6.07, 6.45) is 2.56. The van der Waals surface area contributed by atoms with Gasteiger partial charge in [-0.05, 0) is 34.9 Å². The topological polar surface area (TPSA) is 72.2 Å². The zero-order valence-corrected chi connectivity index (χ0v) is 12.3. The Morgan fingerprint density at radius 2 is 2.13 bits per heavy atom. The van der Waals surface area contributed by atoms with Gasteiger partial charge in [-0.1, -0.05) is 36.0 Å². The second-order valence-electron chi connectivity index (χ2n) is 5.69. The van der Waals surface area contributed by atoms with Gasteiger partial charge in [-0.3, -0.25) is 14.9 Å². The van der Waals surface area contributed by atoms with Crippen molar-refractivity contribution in [3.8, 4) is 0 Å². The number of hydrogen-bond acceptors (Lipinski definition) is 4. The molecule has 1 atom stereocenters. The number of rotatable bonds is 2. The van der Waals surface area contributed by atoms with Gasteiger partial charge in [0, 0.05) is 6.42 Å². The van der Waals surface area contributed by atoms with Crippen LogP contribution in [0.5, 0.6) is 0 Å². The van der Waals surface area contributed by atoms with Crippen LogP contribution in [0.3, 0.4) is 0 Å². The van der Waals surface area contributed by atoms with E-state index in [0.717, 1.165) is 21.7 Å². The zero-order valence-electron chi connectivity index (χ0n) is 12.3. The molecule has 114 valence electrons. The number of amides is 2. The maximum absolute atomic E-state index is 12.2.